The molecular weight excluding hydrogens is 362 g/mol. The fourth-order valence-corrected chi connectivity index (χ4v) is 2.72. The average Bonchev–Trinajstić information content (AvgIpc) is 2.56. The van der Waals surface area contributed by atoms with Crippen LogP contribution in [0.4, 0.5) is 0 Å². The fraction of sp³-hybridized carbons (Fsp3) is 0.429. The molecule has 5 nitrogen and oxygen atoms in total. The second-order valence-corrected chi connectivity index (χ2v) is 7.85. The summed E-state index contributed by atoms with van der Waals surface area (Å²) in [5.74, 6) is -0.386. The first-order valence-corrected chi connectivity index (χ1v) is 8.99. The highest BCUT2D eigenvalue weighted by Gasteiger charge is 2.25. The molecule has 2 aromatic carbocycles. The van der Waals surface area contributed by atoms with Crippen molar-refractivity contribution in [2.75, 3.05) is 6.54 Å². The van der Waals surface area contributed by atoms with Gasteiger partial charge in [0.25, 0.3) is 0 Å². The summed E-state index contributed by atoms with van der Waals surface area (Å²) >= 11 is 0. The summed E-state index contributed by atoms with van der Waals surface area (Å²) in [5.41, 5.74) is 6.34. The van der Waals surface area contributed by atoms with Crippen molar-refractivity contribution in [3.05, 3.63) is 48.0 Å². The van der Waals surface area contributed by atoms with Crippen molar-refractivity contribution in [3.8, 4) is 0 Å². The van der Waals surface area contributed by atoms with Gasteiger partial charge in [0.2, 0.25) is 11.8 Å². The van der Waals surface area contributed by atoms with E-state index in [0.29, 0.717) is 6.54 Å². The lowest BCUT2D eigenvalue weighted by molar-refractivity contribution is -0.129. The molecule has 0 aliphatic rings. The number of nitrogens with one attached hydrogen (secondary N) is 2. The first kappa shape index (κ1) is 22.9. The molecule has 0 aliphatic heterocycles. The van der Waals surface area contributed by atoms with Crippen molar-refractivity contribution in [2.45, 2.75) is 45.7 Å². The molecule has 0 aromatic heterocycles. The predicted molar refractivity (Wildman–Crippen MR) is 113 cm³/mol. The number of rotatable bonds is 7. The van der Waals surface area contributed by atoms with E-state index in [1.54, 1.807) is 0 Å². The van der Waals surface area contributed by atoms with Crippen LogP contribution in [0.5, 0.6) is 0 Å². The molecule has 148 valence electrons. The zero-order valence-electron chi connectivity index (χ0n) is 16.4. The highest BCUT2D eigenvalue weighted by molar-refractivity contribution is 5.89. The van der Waals surface area contributed by atoms with Crippen molar-refractivity contribution in [3.63, 3.8) is 0 Å². The SMILES string of the molecule is CC(C)C(NC(=O)Cc1ccc2ccccc2c1)C(=O)NCC(C)(C)N.Cl. The molecule has 2 amide bonds. The third-order valence-corrected chi connectivity index (χ3v) is 4.16. The number of halogens is 1. The summed E-state index contributed by atoms with van der Waals surface area (Å²) < 4.78 is 0. The van der Waals surface area contributed by atoms with Crippen LogP contribution in [-0.2, 0) is 16.0 Å². The summed E-state index contributed by atoms with van der Waals surface area (Å²) in [5, 5.41) is 7.91. The van der Waals surface area contributed by atoms with Crippen LogP contribution in [0.25, 0.3) is 10.8 Å². The van der Waals surface area contributed by atoms with Crippen molar-refractivity contribution in [2.24, 2.45) is 11.7 Å². The van der Waals surface area contributed by atoms with E-state index in [4.69, 9.17) is 5.73 Å². The van der Waals surface area contributed by atoms with E-state index in [0.717, 1.165) is 16.3 Å². The molecule has 0 fully saturated rings. The van der Waals surface area contributed by atoms with Gasteiger partial charge in [0.1, 0.15) is 6.04 Å². The lowest BCUT2D eigenvalue weighted by atomic mass is 10.0. The molecule has 1 atom stereocenters. The molecule has 0 aliphatic carbocycles. The zero-order valence-corrected chi connectivity index (χ0v) is 17.2. The Hall–Kier alpha value is -2.11. The minimum absolute atomic E-state index is 0. The van der Waals surface area contributed by atoms with Crippen LogP contribution in [0.1, 0.15) is 33.3 Å². The Labute approximate surface area is 167 Å². The van der Waals surface area contributed by atoms with Crippen molar-refractivity contribution >= 4 is 35.0 Å². The molecule has 27 heavy (non-hydrogen) atoms. The van der Waals surface area contributed by atoms with Gasteiger partial charge in [-0.05, 0) is 36.1 Å². The number of hydrogen-bond acceptors (Lipinski definition) is 3. The summed E-state index contributed by atoms with van der Waals surface area (Å²) in [7, 11) is 0. The Morgan fingerprint density at radius 3 is 2.30 bits per heavy atom. The molecule has 0 spiro atoms. The Bertz CT molecular complexity index is 784. The maximum Gasteiger partial charge on any atom is 0.242 e. The van der Waals surface area contributed by atoms with Gasteiger partial charge in [-0.3, -0.25) is 9.59 Å². The molecular formula is C21H30ClN3O2. The van der Waals surface area contributed by atoms with Crippen LogP contribution in [0.15, 0.2) is 42.5 Å². The lowest BCUT2D eigenvalue weighted by Crippen LogP contribution is -2.54. The molecule has 1 unspecified atom stereocenters. The molecule has 6 heteroatoms. The van der Waals surface area contributed by atoms with E-state index in [1.807, 2.05) is 70.2 Å². The Morgan fingerprint density at radius 1 is 1.07 bits per heavy atom. The zero-order chi connectivity index (χ0) is 19.3. The molecule has 0 bridgehead atoms. The summed E-state index contributed by atoms with van der Waals surface area (Å²) in [6.45, 7) is 7.86. The Kier molecular flexibility index (Phi) is 8.25. The van der Waals surface area contributed by atoms with E-state index < -0.39 is 11.6 Å². The monoisotopic (exact) mass is 391 g/mol. The normalized spacial score (nSPS) is 12.4. The second-order valence-electron chi connectivity index (χ2n) is 7.85. The van der Waals surface area contributed by atoms with Crippen molar-refractivity contribution in [1.29, 1.82) is 0 Å². The van der Waals surface area contributed by atoms with Crippen LogP contribution in [0, 0.1) is 5.92 Å². The minimum Gasteiger partial charge on any atom is -0.352 e. The third kappa shape index (κ3) is 7.19. The maximum atomic E-state index is 12.5. The molecule has 2 aromatic rings. The number of benzene rings is 2. The number of amides is 2. The highest BCUT2D eigenvalue weighted by Crippen LogP contribution is 2.16. The van der Waals surface area contributed by atoms with Crippen molar-refractivity contribution < 1.29 is 9.59 Å². The molecule has 0 heterocycles. The largest absolute Gasteiger partial charge is 0.352 e. The molecule has 0 saturated heterocycles. The van der Waals surface area contributed by atoms with Crippen LogP contribution in [0.3, 0.4) is 0 Å². The molecule has 0 saturated carbocycles. The topological polar surface area (TPSA) is 84.2 Å². The van der Waals surface area contributed by atoms with Gasteiger partial charge < -0.3 is 16.4 Å². The van der Waals surface area contributed by atoms with Gasteiger partial charge in [0.15, 0.2) is 0 Å². The minimum atomic E-state index is -0.578. The van der Waals surface area contributed by atoms with Gasteiger partial charge in [0, 0.05) is 12.1 Å². The first-order chi connectivity index (χ1) is 12.2. The predicted octanol–water partition coefficient (Wildman–Crippen LogP) is 2.80. The van der Waals surface area contributed by atoms with Gasteiger partial charge in [0.05, 0.1) is 6.42 Å². The quantitative estimate of drug-likeness (QED) is 0.678. The van der Waals surface area contributed by atoms with Crippen LogP contribution in [0.2, 0.25) is 0 Å². The summed E-state index contributed by atoms with van der Waals surface area (Å²) in [6.07, 6.45) is 0.240. The van der Waals surface area contributed by atoms with E-state index in [-0.39, 0.29) is 36.6 Å². The standard InChI is InChI=1S/C21H29N3O2.ClH/c1-14(2)19(20(26)23-13-21(3,4)22)24-18(25)12-15-9-10-16-7-5-6-8-17(16)11-15;/h5-11,14,19H,12-13,22H2,1-4H3,(H,23,26)(H,24,25);1H. The van der Waals surface area contributed by atoms with Gasteiger partial charge in [-0.1, -0.05) is 56.3 Å². The molecule has 0 radical (unpaired) electrons. The smallest absolute Gasteiger partial charge is 0.242 e. The summed E-state index contributed by atoms with van der Waals surface area (Å²) in [4.78, 5) is 24.9. The van der Waals surface area contributed by atoms with Gasteiger partial charge in [-0.2, -0.15) is 0 Å². The van der Waals surface area contributed by atoms with Crippen molar-refractivity contribution in [1.82, 2.24) is 10.6 Å². The molecule has 4 N–H and O–H groups in total. The number of carbonyl (C=O) groups excluding carboxylic acids is 2. The number of hydrogen-bond donors (Lipinski definition) is 3. The van der Waals surface area contributed by atoms with E-state index >= 15 is 0 Å². The number of nitrogens with two attached hydrogens (primary N) is 1. The van der Waals surface area contributed by atoms with Gasteiger partial charge >= 0.3 is 0 Å². The number of fused-ring (bicyclic) bond motifs is 1. The van der Waals surface area contributed by atoms with Crippen LogP contribution in [-0.4, -0.2) is 29.9 Å². The third-order valence-electron chi connectivity index (χ3n) is 4.16. The summed E-state index contributed by atoms with van der Waals surface area (Å²) in [6, 6.07) is 13.4. The second kappa shape index (κ2) is 9.72. The van der Waals surface area contributed by atoms with Crippen LogP contribution >= 0.6 is 12.4 Å². The van der Waals surface area contributed by atoms with Crippen LogP contribution < -0.4 is 16.4 Å². The highest BCUT2D eigenvalue weighted by atomic mass is 35.5. The Balaban J connectivity index is 0.00000364. The van der Waals surface area contributed by atoms with E-state index in [9.17, 15) is 9.59 Å². The van der Waals surface area contributed by atoms with Gasteiger partial charge in [-0.25, -0.2) is 0 Å². The maximum absolute atomic E-state index is 12.5. The van der Waals surface area contributed by atoms with E-state index in [2.05, 4.69) is 10.6 Å². The van der Waals surface area contributed by atoms with E-state index in [1.165, 1.54) is 0 Å². The molecule has 2 rings (SSSR count). The fourth-order valence-electron chi connectivity index (χ4n) is 2.72. The first-order valence-electron chi connectivity index (χ1n) is 8.99. The lowest BCUT2D eigenvalue weighted by Gasteiger charge is -2.25. The average molecular weight is 392 g/mol. The van der Waals surface area contributed by atoms with Gasteiger partial charge in [-0.15, -0.1) is 12.4 Å². The Morgan fingerprint density at radius 2 is 1.70 bits per heavy atom. The number of carbonyl (C=O) groups is 2.